The van der Waals surface area contributed by atoms with Crippen LogP contribution in [0.15, 0.2) is 54.9 Å². The number of hydrogen-bond acceptors (Lipinski definition) is 4. The predicted octanol–water partition coefficient (Wildman–Crippen LogP) is 5.88. The molecule has 0 aliphatic rings. The van der Waals surface area contributed by atoms with Gasteiger partial charge in [-0.3, -0.25) is 5.10 Å². The molecule has 1 N–H and O–H groups in total. The summed E-state index contributed by atoms with van der Waals surface area (Å²) >= 11 is 0. The van der Waals surface area contributed by atoms with Crippen molar-refractivity contribution in [1.29, 1.82) is 0 Å². The van der Waals surface area contributed by atoms with Crippen molar-refractivity contribution in [1.82, 2.24) is 20.2 Å². The van der Waals surface area contributed by atoms with E-state index in [4.69, 9.17) is 4.74 Å². The minimum absolute atomic E-state index is 0.0110. The van der Waals surface area contributed by atoms with E-state index in [1.165, 1.54) is 12.1 Å². The molecule has 0 amide bonds. The van der Waals surface area contributed by atoms with E-state index in [0.29, 0.717) is 11.2 Å². The molecule has 30 heavy (non-hydrogen) atoms. The smallest absolute Gasteiger partial charge is 0.417 e. The van der Waals surface area contributed by atoms with Gasteiger partial charge in [0.15, 0.2) is 5.65 Å². The van der Waals surface area contributed by atoms with Crippen molar-refractivity contribution in [3.63, 3.8) is 0 Å². The molecule has 0 spiro atoms. The van der Waals surface area contributed by atoms with Crippen molar-refractivity contribution in [2.75, 3.05) is 0 Å². The molecule has 4 rings (SSSR count). The third-order valence-electron chi connectivity index (χ3n) is 4.39. The van der Waals surface area contributed by atoms with Crippen LogP contribution < -0.4 is 4.74 Å². The highest BCUT2D eigenvalue weighted by Gasteiger charge is 2.34. The van der Waals surface area contributed by atoms with Crippen LogP contribution in [0.1, 0.15) is 26.3 Å². The number of rotatable bonds is 3. The molecule has 8 heteroatoms. The number of H-pyrrole nitrogens is 1. The van der Waals surface area contributed by atoms with Crippen LogP contribution in [-0.2, 0) is 6.18 Å². The summed E-state index contributed by atoms with van der Waals surface area (Å²) in [5.41, 5.74) is 0.844. The summed E-state index contributed by atoms with van der Waals surface area (Å²) < 4.78 is 46.8. The molecule has 0 unspecified atom stereocenters. The Morgan fingerprint density at radius 3 is 2.47 bits per heavy atom. The summed E-state index contributed by atoms with van der Waals surface area (Å²) in [7, 11) is 0. The lowest BCUT2D eigenvalue weighted by molar-refractivity contribution is -0.137. The molecule has 4 aromatic rings. The third kappa shape index (κ3) is 3.98. The van der Waals surface area contributed by atoms with Gasteiger partial charge in [-0.1, -0.05) is 18.2 Å². The number of aromatic amines is 1. The van der Waals surface area contributed by atoms with Crippen LogP contribution in [0.4, 0.5) is 13.2 Å². The minimum atomic E-state index is -4.51. The number of nitrogens with one attached hydrogen (secondary N) is 1. The van der Waals surface area contributed by atoms with Gasteiger partial charge in [0.1, 0.15) is 5.60 Å². The molecular formula is C22H19F3N4O. The highest BCUT2D eigenvalue weighted by Crippen LogP contribution is 2.39. The number of fused-ring (bicyclic) bond motifs is 1. The Kier molecular flexibility index (Phi) is 4.72. The Hall–Kier alpha value is -3.42. The molecule has 0 aliphatic carbocycles. The number of aromatic nitrogens is 4. The molecule has 0 saturated heterocycles. The van der Waals surface area contributed by atoms with Gasteiger partial charge in [0.25, 0.3) is 0 Å². The Morgan fingerprint density at radius 1 is 0.967 bits per heavy atom. The lowest BCUT2D eigenvalue weighted by Gasteiger charge is -2.22. The second-order valence-electron chi connectivity index (χ2n) is 7.83. The Bertz CT molecular complexity index is 1210. The molecule has 0 aliphatic heterocycles. The van der Waals surface area contributed by atoms with Gasteiger partial charge in [-0.15, -0.1) is 0 Å². The summed E-state index contributed by atoms with van der Waals surface area (Å²) in [6.07, 6.45) is -1.26. The Morgan fingerprint density at radius 2 is 1.73 bits per heavy atom. The molecule has 0 fully saturated rings. The molecule has 3 aromatic heterocycles. The zero-order valence-corrected chi connectivity index (χ0v) is 16.6. The van der Waals surface area contributed by atoms with Crippen LogP contribution in [0.2, 0.25) is 0 Å². The van der Waals surface area contributed by atoms with Gasteiger partial charge < -0.3 is 4.74 Å². The topological polar surface area (TPSA) is 63.7 Å². The van der Waals surface area contributed by atoms with E-state index in [1.54, 1.807) is 36.7 Å². The summed E-state index contributed by atoms with van der Waals surface area (Å²) in [4.78, 5) is 8.62. The molecule has 1 aromatic carbocycles. The summed E-state index contributed by atoms with van der Waals surface area (Å²) in [6, 6.07) is 10.5. The number of benzene rings is 1. The molecular weight excluding hydrogens is 393 g/mol. The Labute approximate surface area is 170 Å². The van der Waals surface area contributed by atoms with Crippen molar-refractivity contribution in [3.05, 3.63) is 60.4 Å². The minimum Gasteiger partial charge on any atom is -0.472 e. The lowest BCUT2D eigenvalue weighted by atomic mass is 9.99. The first-order valence-electron chi connectivity index (χ1n) is 9.28. The first-order valence-corrected chi connectivity index (χ1v) is 9.28. The standard InChI is InChI=1S/C22H19F3N4O/c1-21(2,3)30-19-11-13(14-8-9-26-20-16(14)12-27-29-20)10-18(28-19)15-6-4-5-7-17(15)22(23,24)25/h4-12H,1-3H3,(H,26,27,29). The van der Waals surface area contributed by atoms with Gasteiger partial charge in [-0.05, 0) is 50.1 Å². The molecule has 0 atom stereocenters. The van der Waals surface area contributed by atoms with E-state index in [-0.39, 0.29) is 17.1 Å². The summed E-state index contributed by atoms with van der Waals surface area (Å²) in [6.45, 7) is 5.56. The van der Waals surface area contributed by atoms with Crippen LogP contribution in [0.5, 0.6) is 5.88 Å². The number of ether oxygens (including phenoxy) is 1. The highest BCUT2D eigenvalue weighted by molar-refractivity contribution is 5.93. The maximum Gasteiger partial charge on any atom is 0.417 e. The van der Waals surface area contributed by atoms with Crippen molar-refractivity contribution in [2.24, 2.45) is 0 Å². The normalized spacial score (nSPS) is 12.3. The fourth-order valence-electron chi connectivity index (χ4n) is 3.22. The van der Waals surface area contributed by atoms with E-state index >= 15 is 0 Å². The maximum atomic E-state index is 13.6. The average Bonchev–Trinajstić information content (AvgIpc) is 3.14. The maximum absolute atomic E-state index is 13.6. The molecule has 154 valence electrons. The largest absolute Gasteiger partial charge is 0.472 e. The second-order valence-corrected chi connectivity index (χ2v) is 7.83. The van der Waals surface area contributed by atoms with Crippen LogP contribution >= 0.6 is 0 Å². The fraction of sp³-hybridized carbons (Fsp3) is 0.227. The number of halogens is 3. The number of alkyl halides is 3. The van der Waals surface area contributed by atoms with Crippen molar-refractivity contribution in [2.45, 2.75) is 32.5 Å². The van der Waals surface area contributed by atoms with Gasteiger partial charge in [0, 0.05) is 23.2 Å². The first-order chi connectivity index (χ1) is 14.1. The van der Waals surface area contributed by atoms with Crippen LogP contribution in [0.3, 0.4) is 0 Å². The summed E-state index contributed by atoms with van der Waals surface area (Å²) in [5, 5.41) is 7.56. The molecule has 0 radical (unpaired) electrons. The van der Waals surface area contributed by atoms with E-state index in [9.17, 15) is 13.2 Å². The predicted molar refractivity (Wildman–Crippen MR) is 108 cm³/mol. The van der Waals surface area contributed by atoms with Crippen molar-refractivity contribution >= 4 is 11.0 Å². The monoisotopic (exact) mass is 412 g/mol. The zero-order chi connectivity index (χ0) is 21.5. The second kappa shape index (κ2) is 7.12. The Balaban J connectivity index is 1.96. The average molecular weight is 412 g/mol. The molecule has 0 saturated carbocycles. The van der Waals surface area contributed by atoms with Crippen LogP contribution in [0.25, 0.3) is 33.4 Å². The SMILES string of the molecule is CC(C)(C)Oc1cc(-c2ccnc3[nH]ncc23)cc(-c2ccccc2C(F)(F)F)n1. The van der Waals surface area contributed by atoms with Crippen molar-refractivity contribution < 1.29 is 17.9 Å². The van der Waals surface area contributed by atoms with Gasteiger partial charge in [-0.2, -0.15) is 18.3 Å². The number of hydrogen-bond donors (Lipinski definition) is 1. The molecule has 5 nitrogen and oxygen atoms in total. The number of pyridine rings is 2. The molecule has 3 heterocycles. The van der Waals surface area contributed by atoms with E-state index in [0.717, 1.165) is 17.0 Å². The van der Waals surface area contributed by atoms with Crippen molar-refractivity contribution in [3.8, 4) is 28.3 Å². The quantitative estimate of drug-likeness (QED) is 0.456. The van der Waals surface area contributed by atoms with E-state index < -0.39 is 17.3 Å². The van der Waals surface area contributed by atoms with Gasteiger partial charge >= 0.3 is 6.18 Å². The van der Waals surface area contributed by atoms with Gasteiger partial charge in [0.2, 0.25) is 5.88 Å². The zero-order valence-electron chi connectivity index (χ0n) is 16.6. The van der Waals surface area contributed by atoms with Gasteiger partial charge in [0.05, 0.1) is 17.5 Å². The lowest BCUT2D eigenvalue weighted by Crippen LogP contribution is -2.23. The van der Waals surface area contributed by atoms with Crippen LogP contribution in [0, 0.1) is 0 Å². The summed E-state index contributed by atoms with van der Waals surface area (Å²) in [5.74, 6) is 0.237. The fourth-order valence-corrected chi connectivity index (χ4v) is 3.22. The highest BCUT2D eigenvalue weighted by atomic mass is 19.4. The molecule has 0 bridgehead atoms. The third-order valence-corrected chi connectivity index (χ3v) is 4.39. The van der Waals surface area contributed by atoms with Crippen LogP contribution in [-0.4, -0.2) is 25.8 Å². The van der Waals surface area contributed by atoms with Gasteiger partial charge in [-0.25, -0.2) is 9.97 Å². The van der Waals surface area contributed by atoms with E-state index in [2.05, 4.69) is 20.2 Å². The van der Waals surface area contributed by atoms with E-state index in [1.807, 2.05) is 20.8 Å². The number of nitrogens with zero attached hydrogens (tertiary/aromatic N) is 3. The first kappa shape index (κ1) is 19.9.